The Kier molecular flexibility index (Phi) is 5.84. The lowest BCUT2D eigenvalue weighted by molar-refractivity contribution is -0.141. The van der Waals surface area contributed by atoms with E-state index in [0.717, 1.165) is 44.6 Å². The van der Waals surface area contributed by atoms with Crippen LogP contribution in [-0.4, -0.2) is 34.2 Å². The monoisotopic (exact) mass is 387 g/mol. The molecule has 5 nitrogen and oxygen atoms in total. The molecular weight excluding hydrogens is 363 g/mol. The second-order valence-corrected chi connectivity index (χ2v) is 7.61. The summed E-state index contributed by atoms with van der Waals surface area (Å²) >= 11 is 5.23. The van der Waals surface area contributed by atoms with Gasteiger partial charge < -0.3 is 15.5 Å². The fourth-order valence-corrected chi connectivity index (χ4v) is 3.85. The van der Waals surface area contributed by atoms with Gasteiger partial charge in [0.25, 0.3) is 0 Å². The lowest BCUT2D eigenvalue weighted by Gasteiger charge is -2.32. The predicted octanol–water partition coefficient (Wildman–Crippen LogP) is 3.96. The highest BCUT2D eigenvalue weighted by Gasteiger charge is 2.34. The van der Waals surface area contributed by atoms with Crippen molar-refractivity contribution in [3.63, 3.8) is 0 Å². The van der Waals surface area contributed by atoms with Gasteiger partial charge in [-0.1, -0.05) is 19.8 Å². The smallest absolute Gasteiger partial charge is 0.360 e. The third-order valence-corrected chi connectivity index (χ3v) is 5.12. The third kappa shape index (κ3) is 4.96. The Balaban J connectivity index is 1.79. The number of nitrogens with zero attached hydrogens (tertiary/aromatic N) is 3. The van der Waals surface area contributed by atoms with Crippen LogP contribution in [0.4, 0.5) is 24.9 Å². The van der Waals surface area contributed by atoms with Crippen molar-refractivity contribution in [1.29, 1.82) is 0 Å². The summed E-state index contributed by atoms with van der Waals surface area (Å²) in [5.41, 5.74) is -0.952. The number of hydrogen-bond donors (Lipinski definition) is 2. The Bertz CT molecular complexity index is 646. The molecule has 2 fully saturated rings. The fourth-order valence-electron chi connectivity index (χ4n) is 3.59. The number of rotatable bonds is 3. The molecule has 1 aliphatic carbocycles. The van der Waals surface area contributed by atoms with Crippen LogP contribution < -0.4 is 15.5 Å². The summed E-state index contributed by atoms with van der Waals surface area (Å²) in [6, 6.07) is 1.29. The third-order valence-electron chi connectivity index (χ3n) is 4.90. The van der Waals surface area contributed by atoms with E-state index in [4.69, 9.17) is 12.2 Å². The van der Waals surface area contributed by atoms with Crippen molar-refractivity contribution < 1.29 is 13.2 Å². The Hall–Kier alpha value is -1.64. The first-order valence-corrected chi connectivity index (χ1v) is 9.51. The minimum atomic E-state index is -4.53. The molecule has 0 amide bonds. The molecular formula is C17H24F3N5S. The maximum atomic E-state index is 13.3. The van der Waals surface area contributed by atoms with Crippen LogP contribution in [0.1, 0.15) is 51.1 Å². The molecule has 2 aliphatic rings. The van der Waals surface area contributed by atoms with E-state index in [1.807, 2.05) is 4.90 Å². The van der Waals surface area contributed by atoms with Crippen LogP contribution in [0, 0.1) is 5.92 Å². The van der Waals surface area contributed by atoms with Crippen LogP contribution in [0.25, 0.3) is 0 Å². The second-order valence-electron chi connectivity index (χ2n) is 7.21. The molecule has 9 heteroatoms. The summed E-state index contributed by atoms with van der Waals surface area (Å²) in [7, 11) is 0. The van der Waals surface area contributed by atoms with Gasteiger partial charge in [-0.15, -0.1) is 0 Å². The van der Waals surface area contributed by atoms with E-state index in [1.54, 1.807) is 0 Å². The quantitative estimate of drug-likeness (QED) is 0.766. The standard InChI is InChI=1S/C17H24F3N5S/c1-11-5-4-8-25(10-11)14-9-13(17(18,19)20)22-15(23-14)24-16(26)21-12-6-2-3-7-12/h9,11-12H,2-8,10H2,1H3,(H2,21,22,23,24,26). The first kappa shape index (κ1) is 19.1. The molecule has 2 N–H and O–H groups in total. The largest absolute Gasteiger partial charge is 0.433 e. The lowest BCUT2D eigenvalue weighted by Crippen LogP contribution is -2.37. The number of nitrogens with one attached hydrogen (secondary N) is 2. The maximum Gasteiger partial charge on any atom is 0.433 e. The molecule has 26 heavy (non-hydrogen) atoms. The molecule has 1 aliphatic heterocycles. The average Bonchev–Trinajstić information content (AvgIpc) is 3.06. The molecule has 0 aromatic carbocycles. The zero-order valence-electron chi connectivity index (χ0n) is 14.8. The van der Waals surface area contributed by atoms with Gasteiger partial charge in [-0.25, -0.2) is 4.98 Å². The van der Waals surface area contributed by atoms with Crippen LogP contribution in [0.2, 0.25) is 0 Å². The average molecular weight is 387 g/mol. The Labute approximate surface area is 156 Å². The molecule has 1 aromatic heterocycles. The topological polar surface area (TPSA) is 53.1 Å². The minimum Gasteiger partial charge on any atom is -0.360 e. The second kappa shape index (κ2) is 7.94. The number of hydrogen-bond acceptors (Lipinski definition) is 4. The zero-order chi connectivity index (χ0) is 18.7. The highest BCUT2D eigenvalue weighted by Crippen LogP contribution is 2.31. The highest BCUT2D eigenvalue weighted by molar-refractivity contribution is 7.80. The van der Waals surface area contributed by atoms with Crippen LogP contribution in [0.5, 0.6) is 0 Å². The van der Waals surface area contributed by atoms with Crippen LogP contribution in [-0.2, 0) is 6.18 Å². The van der Waals surface area contributed by atoms with E-state index in [1.165, 1.54) is 0 Å². The Morgan fingerprint density at radius 2 is 1.92 bits per heavy atom. The van der Waals surface area contributed by atoms with E-state index in [-0.39, 0.29) is 17.1 Å². The van der Waals surface area contributed by atoms with Crippen LogP contribution in [0.3, 0.4) is 0 Å². The SMILES string of the molecule is CC1CCCN(c2cc(C(F)(F)F)nc(NC(=S)NC3CCCC3)n2)C1. The highest BCUT2D eigenvalue weighted by atomic mass is 32.1. The minimum absolute atomic E-state index is 0.108. The van der Waals surface area contributed by atoms with Crippen molar-refractivity contribution in [1.82, 2.24) is 15.3 Å². The fraction of sp³-hybridized carbons (Fsp3) is 0.706. The van der Waals surface area contributed by atoms with Gasteiger partial charge in [0.2, 0.25) is 5.95 Å². The molecule has 1 saturated carbocycles. The Morgan fingerprint density at radius 3 is 2.58 bits per heavy atom. The molecule has 3 rings (SSSR count). The van der Waals surface area contributed by atoms with Crippen molar-refractivity contribution in [3.05, 3.63) is 11.8 Å². The first-order chi connectivity index (χ1) is 12.3. The predicted molar refractivity (Wildman–Crippen MR) is 99.3 cm³/mol. The number of alkyl halides is 3. The van der Waals surface area contributed by atoms with Crippen LogP contribution >= 0.6 is 12.2 Å². The molecule has 1 aromatic rings. The van der Waals surface area contributed by atoms with E-state index >= 15 is 0 Å². The lowest BCUT2D eigenvalue weighted by atomic mass is 10.0. The van der Waals surface area contributed by atoms with Gasteiger partial charge >= 0.3 is 6.18 Å². The van der Waals surface area contributed by atoms with Crippen molar-refractivity contribution in [2.45, 2.75) is 57.7 Å². The van der Waals surface area contributed by atoms with Gasteiger partial charge in [0.05, 0.1) is 0 Å². The zero-order valence-corrected chi connectivity index (χ0v) is 15.6. The van der Waals surface area contributed by atoms with Gasteiger partial charge in [0.1, 0.15) is 5.82 Å². The summed E-state index contributed by atoms with van der Waals surface area (Å²) in [5, 5.41) is 6.15. The normalized spacial score (nSPS) is 21.7. The maximum absolute atomic E-state index is 13.3. The Morgan fingerprint density at radius 1 is 1.19 bits per heavy atom. The molecule has 144 valence electrons. The summed E-state index contributed by atoms with van der Waals surface area (Å²) < 4.78 is 39.8. The van der Waals surface area contributed by atoms with Gasteiger partial charge in [-0.2, -0.15) is 18.2 Å². The summed E-state index contributed by atoms with van der Waals surface area (Å²) in [5.74, 6) is 0.614. The van der Waals surface area contributed by atoms with Crippen molar-refractivity contribution in [3.8, 4) is 0 Å². The number of aromatic nitrogens is 2. The number of thiocarbonyl (C=S) groups is 1. The van der Waals surface area contributed by atoms with Gasteiger partial charge in [-0.05, 0) is 43.8 Å². The van der Waals surface area contributed by atoms with E-state index < -0.39 is 11.9 Å². The number of piperidine rings is 1. The molecule has 0 radical (unpaired) electrons. The molecule has 1 atom stereocenters. The van der Waals surface area contributed by atoms with E-state index in [0.29, 0.717) is 24.8 Å². The van der Waals surface area contributed by atoms with Crippen molar-refractivity contribution in [2.24, 2.45) is 5.92 Å². The first-order valence-electron chi connectivity index (χ1n) is 9.10. The molecule has 0 bridgehead atoms. The van der Waals surface area contributed by atoms with Crippen molar-refractivity contribution in [2.75, 3.05) is 23.3 Å². The molecule has 2 heterocycles. The molecule has 1 unspecified atom stereocenters. The van der Waals surface area contributed by atoms with Gasteiger partial charge in [-0.3, -0.25) is 0 Å². The van der Waals surface area contributed by atoms with Gasteiger partial charge in [0, 0.05) is 25.2 Å². The van der Waals surface area contributed by atoms with Gasteiger partial charge in [0.15, 0.2) is 10.8 Å². The molecule has 1 saturated heterocycles. The molecule has 0 spiro atoms. The number of halogens is 3. The van der Waals surface area contributed by atoms with E-state index in [9.17, 15) is 13.2 Å². The summed E-state index contributed by atoms with van der Waals surface area (Å²) in [6.45, 7) is 3.49. The van der Waals surface area contributed by atoms with Crippen LogP contribution in [0.15, 0.2) is 6.07 Å². The summed E-state index contributed by atoms with van der Waals surface area (Å²) in [6.07, 6.45) is 1.79. The van der Waals surface area contributed by atoms with Crippen molar-refractivity contribution >= 4 is 29.1 Å². The number of anilines is 2. The summed E-state index contributed by atoms with van der Waals surface area (Å²) in [4.78, 5) is 9.82. The van der Waals surface area contributed by atoms with E-state index in [2.05, 4.69) is 27.5 Å².